The number of H-pyrrole nitrogens is 1. The van der Waals surface area contributed by atoms with E-state index < -0.39 is 11.9 Å². The summed E-state index contributed by atoms with van der Waals surface area (Å²) >= 11 is 4.65. The van der Waals surface area contributed by atoms with E-state index in [1.165, 1.54) is 14.1 Å². The average Bonchev–Trinajstić information content (AvgIpc) is 2.92. The van der Waals surface area contributed by atoms with Gasteiger partial charge in [0.25, 0.3) is 0 Å². The molecule has 0 aliphatic carbocycles. The number of carboxylic acid groups (broad SMARTS) is 1. The van der Waals surface area contributed by atoms with Crippen LogP contribution in [0.2, 0.25) is 0 Å². The Morgan fingerprint density at radius 1 is 1.29 bits per heavy atom. The zero-order chi connectivity index (χ0) is 16.4. The third-order valence-electron chi connectivity index (χ3n) is 2.41. The number of carbonyl (C=O) groups is 1. The molecule has 7 nitrogen and oxygen atoms in total. The number of aromatic nitrogens is 2. The van der Waals surface area contributed by atoms with E-state index in [1.54, 1.807) is 6.07 Å². The van der Waals surface area contributed by atoms with Gasteiger partial charge in [-0.15, -0.1) is 0 Å². The number of rotatable bonds is 4. The molecule has 0 fully saturated rings. The van der Waals surface area contributed by atoms with E-state index in [-0.39, 0.29) is 11.5 Å². The van der Waals surface area contributed by atoms with E-state index in [0.717, 1.165) is 5.52 Å². The summed E-state index contributed by atoms with van der Waals surface area (Å²) in [6.07, 6.45) is -0.283. The molecule has 0 aliphatic rings. The number of aliphatic hydroxyl groups is 1. The number of nitrogens with zero attached hydrogens (tertiary/aromatic N) is 1. The lowest BCUT2D eigenvalue weighted by Gasteiger charge is -2.08. The van der Waals surface area contributed by atoms with Crippen LogP contribution in [0.5, 0.6) is 0 Å². The molecule has 1 aromatic heterocycles. The fourth-order valence-corrected chi connectivity index (χ4v) is 1.81. The molecular weight excluding hydrogens is 292 g/mol. The lowest BCUT2D eigenvalue weighted by molar-refractivity contribution is -0.137. The monoisotopic (exact) mass is 312 g/mol. The van der Waals surface area contributed by atoms with Crippen LogP contribution >= 0.6 is 12.2 Å². The standard InChI is InChI=1S/C11H10N2O3S.2CH5N/c14-9(15)5-6(11(16)17)10-12-7-3-1-2-4-8(7)13-10;2*1-2/h1-4,6H,5H2,(H,12,13)(H,14,15)(H,16,17);2*2H2,1H3. The van der Waals surface area contributed by atoms with Gasteiger partial charge >= 0.3 is 5.97 Å². The largest absolute Gasteiger partial charge is 0.501 e. The Kier molecular flexibility index (Phi) is 8.86. The second kappa shape index (κ2) is 9.81. The molecule has 1 atom stereocenters. The van der Waals surface area contributed by atoms with E-state index in [1.807, 2.05) is 18.2 Å². The Morgan fingerprint density at radius 2 is 1.86 bits per heavy atom. The number of imidazole rings is 1. The number of aromatic amines is 1. The second-order valence-corrected chi connectivity index (χ2v) is 4.05. The first kappa shape index (κ1) is 19.0. The lowest BCUT2D eigenvalue weighted by Crippen LogP contribution is -2.15. The molecule has 0 radical (unpaired) electrons. The topological polar surface area (TPSA) is 138 Å². The van der Waals surface area contributed by atoms with Gasteiger partial charge in [-0.2, -0.15) is 0 Å². The van der Waals surface area contributed by atoms with Crippen LogP contribution in [0.4, 0.5) is 0 Å². The van der Waals surface area contributed by atoms with E-state index in [2.05, 4.69) is 33.7 Å². The van der Waals surface area contributed by atoms with E-state index in [9.17, 15) is 9.90 Å². The first-order valence-corrected chi connectivity index (χ1v) is 6.53. The van der Waals surface area contributed by atoms with Gasteiger partial charge in [0.2, 0.25) is 0 Å². The van der Waals surface area contributed by atoms with Gasteiger partial charge in [-0.1, -0.05) is 12.1 Å². The molecule has 0 bridgehead atoms. The summed E-state index contributed by atoms with van der Waals surface area (Å²) in [5, 5.41) is 17.7. The Balaban J connectivity index is 0.000000921. The Hall–Kier alpha value is -2.03. The SMILES string of the molecule is CN.CN.O=C(O)CC(C(O)=S)c1nc2ccccc2[nH]1. The molecule has 0 spiro atoms. The summed E-state index contributed by atoms with van der Waals surface area (Å²) < 4.78 is 0. The summed E-state index contributed by atoms with van der Waals surface area (Å²) in [5.74, 6) is -1.44. The smallest absolute Gasteiger partial charge is 0.304 e. The number of para-hydroxylation sites is 2. The van der Waals surface area contributed by atoms with Crippen LogP contribution in [0.1, 0.15) is 18.2 Å². The quantitative estimate of drug-likeness (QED) is 0.534. The molecule has 116 valence electrons. The van der Waals surface area contributed by atoms with Crippen LogP contribution in [-0.2, 0) is 4.79 Å². The molecule has 1 unspecified atom stereocenters. The summed E-state index contributed by atoms with van der Waals surface area (Å²) in [4.78, 5) is 17.9. The number of nitrogens with two attached hydrogens (primary N) is 2. The number of aliphatic hydroxyl groups excluding tert-OH is 1. The van der Waals surface area contributed by atoms with Crippen molar-refractivity contribution in [3.63, 3.8) is 0 Å². The second-order valence-electron chi connectivity index (χ2n) is 3.63. The summed E-state index contributed by atoms with van der Waals surface area (Å²) in [6, 6.07) is 7.29. The van der Waals surface area contributed by atoms with Crippen LogP contribution in [0.3, 0.4) is 0 Å². The molecule has 1 heterocycles. The third kappa shape index (κ3) is 5.46. The fraction of sp³-hybridized carbons (Fsp3) is 0.308. The Bertz CT molecular complexity index is 553. The van der Waals surface area contributed by atoms with Crippen molar-refractivity contribution in [1.29, 1.82) is 0 Å². The molecule has 21 heavy (non-hydrogen) atoms. The first-order valence-electron chi connectivity index (χ1n) is 6.12. The molecule has 0 amide bonds. The fourth-order valence-electron chi connectivity index (χ4n) is 1.61. The zero-order valence-corrected chi connectivity index (χ0v) is 12.7. The summed E-state index contributed by atoms with van der Waals surface area (Å²) in [6.45, 7) is 0. The van der Waals surface area contributed by atoms with E-state index in [0.29, 0.717) is 11.3 Å². The highest BCUT2D eigenvalue weighted by Crippen LogP contribution is 2.21. The lowest BCUT2D eigenvalue weighted by atomic mass is 10.1. The predicted molar refractivity (Wildman–Crippen MR) is 86.5 cm³/mol. The van der Waals surface area contributed by atoms with E-state index >= 15 is 0 Å². The third-order valence-corrected chi connectivity index (χ3v) is 2.70. The van der Waals surface area contributed by atoms with Gasteiger partial charge in [-0.3, -0.25) is 4.79 Å². The van der Waals surface area contributed by atoms with Crippen molar-refractivity contribution in [2.45, 2.75) is 12.3 Å². The molecule has 7 N–H and O–H groups in total. The number of benzene rings is 1. The highest BCUT2D eigenvalue weighted by molar-refractivity contribution is 7.80. The molecule has 0 aliphatic heterocycles. The minimum absolute atomic E-state index is 0.283. The number of hydrogen-bond donors (Lipinski definition) is 5. The molecule has 0 saturated heterocycles. The maximum atomic E-state index is 10.7. The Morgan fingerprint density at radius 3 is 2.33 bits per heavy atom. The van der Waals surface area contributed by atoms with Crippen LogP contribution in [0, 0.1) is 0 Å². The van der Waals surface area contributed by atoms with Crippen molar-refractivity contribution >= 4 is 34.3 Å². The van der Waals surface area contributed by atoms with Gasteiger partial charge in [0, 0.05) is 0 Å². The van der Waals surface area contributed by atoms with Gasteiger partial charge in [-0.25, -0.2) is 4.98 Å². The molecular formula is C13H20N4O3S. The van der Waals surface area contributed by atoms with Crippen molar-refractivity contribution in [2.75, 3.05) is 14.1 Å². The van der Waals surface area contributed by atoms with Gasteiger partial charge in [0.05, 0.1) is 23.4 Å². The predicted octanol–water partition coefficient (Wildman–Crippen LogP) is 1.16. The number of carboxylic acids is 1. The van der Waals surface area contributed by atoms with Crippen LogP contribution < -0.4 is 11.5 Å². The van der Waals surface area contributed by atoms with Crippen molar-refractivity contribution < 1.29 is 15.0 Å². The van der Waals surface area contributed by atoms with Gasteiger partial charge in [-0.05, 0) is 38.4 Å². The molecule has 2 aromatic rings. The summed E-state index contributed by atoms with van der Waals surface area (Å²) in [5.41, 5.74) is 10.5. The molecule has 1 aromatic carbocycles. The average molecular weight is 312 g/mol. The van der Waals surface area contributed by atoms with Crippen molar-refractivity contribution in [3.8, 4) is 0 Å². The Labute approximate surface area is 128 Å². The van der Waals surface area contributed by atoms with Crippen LogP contribution in [-0.4, -0.2) is 45.3 Å². The molecule has 8 heteroatoms. The van der Waals surface area contributed by atoms with Crippen molar-refractivity contribution in [3.05, 3.63) is 30.1 Å². The van der Waals surface area contributed by atoms with E-state index in [4.69, 9.17) is 5.11 Å². The van der Waals surface area contributed by atoms with Crippen molar-refractivity contribution in [1.82, 2.24) is 9.97 Å². The van der Waals surface area contributed by atoms with Gasteiger partial charge < -0.3 is 26.7 Å². The maximum Gasteiger partial charge on any atom is 0.304 e. The van der Waals surface area contributed by atoms with Crippen LogP contribution in [0.25, 0.3) is 11.0 Å². The number of fused-ring (bicyclic) bond motifs is 1. The molecule has 0 saturated carbocycles. The number of thiocarbonyl (C=S) groups is 1. The van der Waals surface area contributed by atoms with Gasteiger partial charge in [0.1, 0.15) is 5.82 Å². The minimum Gasteiger partial charge on any atom is -0.501 e. The normalized spacial score (nSPS) is 10.7. The van der Waals surface area contributed by atoms with Crippen molar-refractivity contribution in [2.24, 2.45) is 11.5 Å². The minimum atomic E-state index is -1.04. The first-order chi connectivity index (χ1) is 10.1. The zero-order valence-electron chi connectivity index (χ0n) is 11.9. The number of nitrogens with one attached hydrogen (secondary N) is 1. The van der Waals surface area contributed by atoms with Gasteiger partial charge in [0.15, 0.2) is 5.05 Å². The highest BCUT2D eigenvalue weighted by atomic mass is 32.1. The highest BCUT2D eigenvalue weighted by Gasteiger charge is 2.23. The van der Waals surface area contributed by atoms with Crippen LogP contribution in [0.15, 0.2) is 24.3 Å². The summed E-state index contributed by atoms with van der Waals surface area (Å²) in [7, 11) is 3.00. The molecule has 2 rings (SSSR count). The number of aliphatic carboxylic acids is 1. The maximum absolute atomic E-state index is 10.7. The number of hydrogen-bond acceptors (Lipinski definition) is 5.